The number of esters is 2. The molecule has 0 spiro atoms. The van der Waals surface area contributed by atoms with Gasteiger partial charge in [0.05, 0.1) is 32.3 Å². The minimum atomic E-state index is -0.568. The van der Waals surface area contributed by atoms with Crippen LogP contribution in [0, 0.1) is 13.8 Å². The number of rotatable bonds is 8. The fourth-order valence-corrected chi connectivity index (χ4v) is 5.08. The summed E-state index contributed by atoms with van der Waals surface area (Å²) in [4.78, 5) is 38.0. The highest BCUT2D eigenvalue weighted by atomic mass is 32.1. The van der Waals surface area contributed by atoms with E-state index in [1.807, 2.05) is 32.0 Å². The van der Waals surface area contributed by atoms with Crippen LogP contribution in [0.25, 0.3) is 0 Å². The molecule has 1 atom stereocenters. The molecule has 1 N–H and O–H groups in total. The van der Waals surface area contributed by atoms with E-state index < -0.39 is 11.9 Å². The lowest BCUT2D eigenvalue weighted by Gasteiger charge is -2.12. The number of carbonyl (C=O) groups excluding carboxylic acids is 3. The second-order valence-corrected chi connectivity index (χ2v) is 8.62. The highest BCUT2D eigenvalue weighted by Gasteiger charge is 2.38. The topological polar surface area (TPSA) is 90.9 Å². The van der Waals surface area contributed by atoms with Crippen LogP contribution in [0.15, 0.2) is 18.2 Å². The van der Waals surface area contributed by atoms with E-state index in [4.69, 9.17) is 14.2 Å². The Bertz CT molecular complexity index is 996. The van der Waals surface area contributed by atoms with Crippen LogP contribution in [0.2, 0.25) is 0 Å². The van der Waals surface area contributed by atoms with Crippen molar-refractivity contribution in [2.24, 2.45) is 0 Å². The lowest BCUT2D eigenvalue weighted by molar-refractivity contribution is -0.142. The lowest BCUT2D eigenvalue weighted by atomic mass is 9.99. The number of hydrogen-bond acceptors (Lipinski definition) is 7. The molecule has 0 fully saturated rings. The minimum Gasteiger partial charge on any atom is -0.493 e. The quantitative estimate of drug-likeness (QED) is 0.485. The summed E-state index contributed by atoms with van der Waals surface area (Å²) in [6.45, 7) is 4.42. The third-order valence-corrected chi connectivity index (χ3v) is 6.48. The van der Waals surface area contributed by atoms with E-state index in [2.05, 4.69) is 5.32 Å². The minimum absolute atomic E-state index is 0.219. The second-order valence-electron chi connectivity index (χ2n) is 7.52. The molecular formula is C23H27NO6S. The molecule has 1 aromatic heterocycles. The van der Waals surface area contributed by atoms with Gasteiger partial charge in [-0.05, 0) is 50.3 Å². The summed E-state index contributed by atoms with van der Waals surface area (Å²) in [7, 11) is 2.61. The SMILES string of the molecule is COC(=O)c1c(NC(=O)CCCOc2ccc(C)cc2C)sc2c1C(C(=O)OC)CC2. The number of nitrogens with one attached hydrogen (secondary N) is 1. The summed E-state index contributed by atoms with van der Waals surface area (Å²) < 4.78 is 15.6. The maximum Gasteiger partial charge on any atom is 0.341 e. The highest BCUT2D eigenvalue weighted by Crippen LogP contribution is 2.45. The number of aryl methyl sites for hydroxylation is 3. The Kier molecular flexibility index (Phi) is 7.33. The van der Waals surface area contributed by atoms with Crippen molar-refractivity contribution in [3.8, 4) is 5.75 Å². The molecule has 1 unspecified atom stereocenters. The number of benzene rings is 1. The third-order valence-electron chi connectivity index (χ3n) is 5.29. The van der Waals surface area contributed by atoms with E-state index in [0.29, 0.717) is 36.4 Å². The monoisotopic (exact) mass is 445 g/mol. The Morgan fingerprint density at radius 3 is 2.61 bits per heavy atom. The first kappa shape index (κ1) is 22.8. The fourth-order valence-electron chi connectivity index (χ4n) is 3.80. The van der Waals surface area contributed by atoms with Crippen LogP contribution >= 0.6 is 11.3 Å². The number of ether oxygens (including phenoxy) is 3. The zero-order valence-corrected chi connectivity index (χ0v) is 19.0. The number of fused-ring (bicyclic) bond motifs is 1. The van der Waals surface area contributed by atoms with Crippen LogP contribution in [-0.4, -0.2) is 38.7 Å². The summed E-state index contributed by atoms with van der Waals surface area (Å²) in [5, 5.41) is 3.24. The largest absolute Gasteiger partial charge is 0.493 e. The van der Waals surface area contributed by atoms with Crippen molar-refractivity contribution >= 4 is 34.2 Å². The van der Waals surface area contributed by atoms with Crippen molar-refractivity contribution < 1.29 is 28.6 Å². The molecule has 7 nitrogen and oxygen atoms in total. The van der Waals surface area contributed by atoms with Crippen LogP contribution in [0.1, 0.15) is 57.1 Å². The van der Waals surface area contributed by atoms with Crippen LogP contribution < -0.4 is 10.1 Å². The summed E-state index contributed by atoms with van der Waals surface area (Å²) >= 11 is 1.32. The molecule has 0 bridgehead atoms. The van der Waals surface area contributed by atoms with Gasteiger partial charge in [0, 0.05) is 11.3 Å². The Balaban J connectivity index is 1.63. The van der Waals surface area contributed by atoms with Gasteiger partial charge in [0.1, 0.15) is 10.8 Å². The van der Waals surface area contributed by atoms with E-state index in [9.17, 15) is 14.4 Å². The lowest BCUT2D eigenvalue weighted by Crippen LogP contribution is -2.18. The molecule has 0 saturated carbocycles. The van der Waals surface area contributed by atoms with Crippen LogP contribution in [0.3, 0.4) is 0 Å². The molecule has 3 rings (SSSR count). The highest BCUT2D eigenvalue weighted by molar-refractivity contribution is 7.17. The summed E-state index contributed by atoms with van der Waals surface area (Å²) in [5.41, 5.74) is 3.11. The normalized spacial score (nSPS) is 14.6. The second kappa shape index (κ2) is 9.96. The first-order valence-electron chi connectivity index (χ1n) is 10.2. The van der Waals surface area contributed by atoms with Gasteiger partial charge in [-0.2, -0.15) is 0 Å². The first-order chi connectivity index (χ1) is 14.8. The molecule has 31 heavy (non-hydrogen) atoms. The molecule has 0 saturated heterocycles. The van der Waals surface area contributed by atoms with Crippen LogP contribution in [-0.2, 0) is 25.5 Å². The van der Waals surface area contributed by atoms with Gasteiger partial charge in [-0.3, -0.25) is 9.59 Å². The van der Waals surface area contributed by atoms with Crippen molar-refractivity contribution in [3.05, 3.63) is 45.3 Å². The van der Waals surface area contributed by atoms with Crippen LogP contribution in [0.5, 0.6) is 5.75 Å². The van der Waals surface area contributed by atoms with E-state index in [1.54, 1.807) is 0 Å². The van der Waals surface area contributed by atoms with Gasteiger partial charge < -0.3 is 19.5 Å². The van der Waals surface area contributed by atoms with Gasteiger partial charge in [-0.1, -0.05) is 17.7 Å². The van der Waals surface area contributed by atoms with E-state index in [-0.39, 0.29) is 23.9 Å². The molecule has 2 aromatic rings. The molecule has 166 valence electrons. The Hall–Kier alpha value is -2.87. The Morgan fingerprint density at radius 2 is 1.94 bits per heavy atom. The molecule has 1 aromatic carbocycles. The average molecular weight is 446 g/mol. The predicted octanol–water partition coefficient (Wildman–Crippen LogP) is 4.15. The summed E-state index contributed by atoms with van der Waals surface area (Å²) in [6.07, 6.45) is 2.02. The maximum atomic E-state index is 12.5. The third kappa shape index (κ3) is 5.07. The van der Waals surface area contributed by atoms with Crippen molar-refractivity contribution in [2.75, 3.05) is 26.1 Å². The molecule has 0 aliphatic heterocycles. The van der Waals surface area contributed by atoms with Gasteiger partial charge in [-0.25, -0.2) is 4.79 Å². The van der Waals surface area contributed by atoms with Gasteiger partial charge >= 0.3 is 11.9 Å². The van der Waals surface area contributed by atoms with Crippen molar-refractivity contribution in [1.29, 1.82) is 0 Å². The molecule has 1 amide bonds. The number of methoxy groups -OCH3 is 2. The number of thiophene rings is 1. The number of amides is 1. The molecular weight excluding hydrogens is 418 g/mol. The molecule has 1 aliphatic carbocycles. The first-order valence-corrected chi connectivity index (χ1v) is 11.0. The standard InChI is InChI=1S/C23H27NO6S/c1-13-7-9-16(14(2)12-13)30-11-5-6-18(25)24-21-20(23(27)29-4)19-15(22(26)28-3)8-10-17(19)31-21/h7,9,12,15H,5-6,8,10-11H2,1-4H3,(H,24,25). The van der Waals surface area contributed by atoms with E-state index >= 15 is 0 Å². The number of hydrogen-bond donors (Lipinski definition) is 1. The Labute approximate surface area is 185 Å². The molecule has 8 heteroatoms. The molecule has 0 radical (unpaired) electrons. The average Bonchev–Trinajstić information content (AvgIpc) is 3.30. The smallest absolute Gasteiger partial charge is 0.341 e. The van der Waals surface area contributed by atoms with Crippen molar-refractivity contribution in [2.45, 2.75) is 45.4 Å². The van der Waals surface area contributed by atoms with Gasteiger partial charge in [0.15, 0.2) is 0 Å². The molecule has 1 aliphatic rings. The zero-order chi connectivity index (χ0) is 22.5. The Morgan fingerprint density at radius 1 is 1.16 bits per heavy atom. The van der Waals surface area contributed by atoms with Gasteiger partial charge in [-0.15, -0.1) is 11.3 Å². The number of carbonyl (C=O) groups is 3. The zero-order valence-electron chi connectivity index (χ0n) is 18.2. The van der Waals surface area contributed by atoms with Gasteiger partial charge in [0.25, 0.3) is 0 Å². The fraction of sp³-hybridized carbons (Fsp3) is 0.435. The van der Waals surface area contributed by atoms with E-state index in [0.717, 1.165) is 16.2 Å². The summed E-state index contributed by atoms with van der Waals surface area (Å²) in [5.74, 6) is -0.876. The van der Waals surface area contributed by atoms with Crippen LogP contribution in [0.4, 0.5) is 5.00 Å². The van der Waals surface area contributed by atoms with E-state index in [1.165, 1.54) is 31.1 Å². The van der Waals surface area contributed by atoms with Gasteiger partial charge in [0.2, 0.25) is 5.91 Å². The van der Waals surface area contributed by atoms with Crippen molar-refractivity contribution in [1.82, 2.24) is 0 Å². The summed E-state index contributed by atoms with van der Waals surface area (Å²) in [6, 6.07) is 5.97. The van der Waals surface area contributed by atoms with Crippen molar-refractivity contribution in [3.63, 3.8) is 0 Å². The predicted molar refractivity (Wildman–Crippen MR) is 118 cm³/mol. The maximum absolute atomic E-state index is 12.5. The molecule has 1 heterocycles. The number of anilines is 1.